The summed E-state index contributed by atoms with van der Waals surface area (Å²) in [6.45, 7) is 2.76. The van der Waals surface area contributed by atoms with Crippen LogP contribution in [0.25, 0.3) is 0 Å². The molecule has 164 valence electrons. The Balaban J connectivity index is 1.90. The van der Waals surface area contributed by atoms with Gasteiger partial charge < -0.3 is 9.47 Å². The highest BCUT2D eigenvalue weighted by Crippen LogP contribution is 2.23. The molecule has 0 aliphatic carbocycles. The van der Waals surface area contributed by atoms with Gasteiger partial charge in [-0.25, -0.2) is 0 Å². The fraction of sp³-hybridized carbons (Fsp3) is 0.667. The third-order valence-corrected chi connectivity index (χ3v) is 5.15. The summed E-state index contributed by atoms with van der Waals surface area (Å²) < 4.78 is 10.5. The molecule has 0 unspecified atom stereocenters. The van der Waals surface area contributed by atoms with Gasteiger partial charge in [0.15, 0.2) is 0 Å². The highest BCUT2D eigenvalue weighted by atomic mass is 35.5. The second-order valence-corrected chi connectivity index (χ2v) is 7.92. The average molecular weight is 425 g/mol. The summed E-state index contributed by atoms with van der Waals surface area (Å²) >= 11 is 5.96. The topological polar surface area (TPSA) is 52.6 Å². The Kier molecular flexibility index (Phi) is 15.2. The third-order valence-electron chi connectivity index (χ3n) is 4.83. The molecule has 0 aliphatic heterocycles. The molecule has 0 saturated heterocycles. The minimum absolute atomic E-state index is 0.136. The van der Waals surface area contributed by atoms with Crippen molar-refractivity contribution in [3.8, 4) is 5.75 Å². The number of rotatable bonds is 17. The predicted molar refractivity (Wildman–Crippen MR) is 118 cm³/mol. The lowest BCUT2D eigenvalue weighted by Gasteiger charge is -2.06. The van der Waals surface area contributed by atoms with Crippen LogP contribution in [0.15, 0.2) is 24.3 Å². The van der Waals surface area contributed by atoms with Crippen LogP contribution in [0, 0.1) is 0 Å². The molecular formula is C24H37ClO4. The molecule has 0 heterocycles. The molecule has 0 atom stereocenters. The quantitative estimate of drug-likeness (QED) is 0.150. The van der Waals surface area contributed by atoms with Crippen molar-refractivity contribution in [3.05, 3.63) is 29.3 Å². The lowest BCUT2D eigenvalue weighted by atomic mass is 10.1. The van der Waals surface area contributed by atoms with E-state index in [0.717, 1.165) is 25.7 Å². The van der Waals surface area contributed by atoms with Crippen molar-refractivity contribution in [1.82, 2.24) is 0 Å². The molecule has 1 aromatic carbocycles. The molecule has 0 aromatic heterocycles. The van der Waals surface area contributed by atoms with Gasteiger partial charge in [0.1, 0.15) is 5.75 Å². The number of carbonyl (C=O) groups excluding carboxylic acids is 2. The minimum atomic E-state index is -0.300. The number of hydrogen-bond donors (Lipinski definition) is 0. The number of hydrogen-bond acceptors (Lipinski definition) is 4. The molecule has 4 nitrogen and oxygen atoms in total. The maximum atomic E-state index is 11.8. The highest BCUT2D eigenvalue weighted by molar-refractivity contribution is 6.32. The predicted octanol–water partition coefficient (Wildman–Crippen LogP) is 7.27. The number of para-hydroxylation sites is 1. The maximum absolute atomic E-state index is 11.8. The van der Waals surface area contributed by atoms with Crippen LogP contribution in [0.1, 0.15) is 96.8 Å². The number of carbonyl (C=O) groups is 2. The molecule has 0 aliphatic rings. The number of ether oxygens (including phenoxy) is 2. The second kappa shape index (κ2) is 17.3. The van der Waals surface area contributed by atoms with Gasteiger partial charge in [-0.1, -0.05) is 88.4 Å². The number of halogens is 1. The van der Waals surface area contributed by atoms with Crippen molar-refractivity contribution in [2.24, 2.45) is 0 Å². The summed E-state index contributed by atoms with van der Waals surface area (Å²) in [5.41, 5.74) is 0. The van der Waals surface area contributed by atoms with Gasteiger partial charge in [0.2, 0.25) is 0 Å². The summed E-state index contributed by atoms with van der Waals surface area (Å²) in [7, 11) is 0. The average Bonchev–Trinajstić information content (AvgIpc) is 2.71. The van der Waals surface area contributed by atoms with Crippen molar-refractivity contribution in [3.63, 3.8) is 0 Å². The fourth-order valence-electron chi connectivity index (χ4n) is 3.09. The minimum Gasteiger partial charge on any atom is -0.466 e. The molecule has 1 rings (SSSR count). The molecule has 0 saturated carbocycles. The van der Waals surface area contributed by atoms with E-state index in [0.29, 0.717) is 36.6 Å². The second-order valence-electron chi connectivity index (χ2n) is 7.51. The van der Waals surface area contributed by atoms with E-state index in [1.54, 1.807) is 24.3 Å². The monoisotopic (exact) mass is 424 g/mol. The lowest BCUT2D eigenvalue weighted by molar-refractivity contribution is -0.143. The van der Waals surface area contributed by atoms with Crippen molar-refractivity contribution in [2.45, 2.75) is 96.8 Å². The van der Waals surface area contributed by atoms with Crippen molar-refractivity contribution in [2.75, 3.05) is 6.61 Å². The van der Waals surface area contributed by atoms with E-state index in [1.165, 1.54) is 44.9 Å². The van der Waals surface area contributed by atoms with E-state index in [-0.39, 0.29) is 11.9 Å². The fourth-order valence-corrected chi connectivity index (χ4v) is 3.26. The summed E-state index contributed by atoms with van der Waals surface area (Å²) in [5.74, 6) is -0.0477. The van der Waals surface area contributed by atoms with Crippen LogP contribution in [-0.4, -0.2) is 18.5 Å². The van der Waals surface area contributed by atoms with Crippen LogP contribution in [0.2, 0.25) is 5.02 Å². The Hall–Kier alpha value is -1.55. The molecule has 0 amide bonds. The Morgan fingerprint density at radius 3 is 1.97 bits per heavy atom. The van der Waals surface area contributed by atoms with E-state index < -0.39 is 0 Å². The van der Waals surface area contributed by atoms with Crippen molar-refractivity contribution < 1.29 is 19.1 Å². The molecule has 29 heavy (non-hydrogen) atoms. The van der Waals surface area contributed by atoms with Crippen LogP contribution in [0.5, 0.6) is 5.75 Å². The van der Waals surface area contributed by atoms with Gasteiger partial charge >= 0.3 is 11.9 Å². The molecule has 1 aromatic rings. The van der Waals surface area contributed by atoms with Crippen LogP contribution < -0.4 is 4.74 Å². The first-order valence-electron chi connectivity index (χ1n) is 11.2. The maximum Gasteiger partial charge on any atom is 0.311 e. The Bertz CT molecular complexity index is 574. The van der Waals surface area contributed by atoms with Crippen LogP contribution >= 0.6 is 11.6 Å². The third kappa shape index (κ3) is 14.1. The molecule has 0 spiro atoms. The normalized spacial score (nSPS) is 10.7. The van der Waals surface area contributed by atoms with Gasteiger partial charge in [-0.2, -0.15) is 0 Å². The Labute approximate surface area is 181 Å². The molecule has 0 bridgehead atoms. The van der Waals surface area contributed by atoms with Gasteiger partial charge in [-0.3, -0.25) is 9.59 Å². The van der Waals surface area contributed by atoms with Crippen molar-refractivity contribution in [1.29, 1.82) is 0 Å². The SMILES string of the molecule is CCCCCCCCCCCOC(=O)CCCCCC(=O)Oc1ccccc1Cl. The zero-order chi connectivity index (χ0) is 21.2. The molecule has 0 radical (unpaired) electrons. The number of benzene rings is 1. The first-order chi connectivity index (χ1) is 14.1. The standard InChI is InChI=1S/C24H37ClO4/c1-2-3-4-5-6-7-8-9-15-20-28-23(26)18-11-10-12-19-24(27)29-22-17-14-13-16-21(22)25/h13-14,16-17H,2-12,15,18-20H2,1H3. The van der Waals surface area contributed by atoms with E-state index in [4.69, 9.17) is 21.1 Å². The van der Waals surface area contributed by atoms with Gasteiger partial charge in [0.05, 0.1) is 11.6 Å². The van der Waals surface area contributed by atoms with Crippen LogP contribution in [-0.2, 0) is 14.3 Å². The first-order valence-corrected chi connectivity index (χ1v) is 11.6. The zero-order valence-corrected chi connectivity index (χ0v) is 18.7. The van der Waals surface area contributed by atoms with Crippen molar-refractivity contribution >= 4 is 23.5 Å². The van der Waals surface area contributed by atoms with Gasteiger partial charge in [-0.05, 0) is 31.4 Å². The molecule has 5 heteroatoms. The van der Waals surface area contributed by atoms with Crippen LogP contribution in [0.4, 0.5) is 0 Å². The molecular weight excluding hydrogens is 388 g/mol. The Morgan fingerprint density at radius 2 is 1.31 bits per heavy atom. The first kappa shape index (κ1) is 25.5. The van der Waals surface area contributed by atoms with E-state index in [2.05, 4.69) is 6.92 Å². The Morgan fingerprint density at radius 1 is 0.759 bits per heavy atom. The van der Waals surface area contributed by atoms with Gasteiger partial charge in [0.25, 0.3) is 0 Å². The molecule has 0 fully saturated rings. The van der Waals surface area contributed by atoms with Gasteiger partial charge in [-0.15, -0.1) is 0 Å². The zero-order valence-electron chi connectivity index (χ0n) is 17.9. The summed E-state index contributed by atoms with van der Waals surface area (Å²) in [5, 5.41) is 0.426. The van der Waals surface area contributed by atoms with E-state index >= 15 is 0 Å². The van der Waals surface area contributed by atoms with Gasteiger partial charge in [0, 0.05) is 12.8 Å². The summed E-state index contributed by atoms with van der Waals surface area (Å²) in [6, 6.07) is 6.91. The summed E-state index contributed by atoms with van der Waals surface area (Å²) in [4.78, 5) is 23.5. The lowest BCUT2D eigenvalue weighted by Crippen LogP contribution is -2.08. The van der Waals surface area contributed by atoms with E-state index in [9.17, 15) is 9.59 Å². The summed E-state index contributed by atoms with van der Waals surface area (Å²) in [6.07, 6.45) is 14.2. The largest absolute Gasteiger partial charge is 0.466 e. The van der Waals surface area contributed by atoms with E-state index in [1.807, 2.05) is 0 Å². The smallest absolute Gasteiger partial charge is 0.311 e. The number of unbranched alkanes of at least 4 members (excludes halogenated alkanes) is 10. The number of esters is 2. The van der Waals surface area contributed by atoms with Crippen LogP contribution in [0.3, 0.4) is 0 Å². The molecule has 0 N–H and O–H groups in total. The highest BCUT2D eigenvalue weighted by Gasteiger charge is 2.08.